The van der Waals surface area contributed by atoms with Gasteiger partial charge in [0.05, 0.1) is 0 Å². The largest absolute Gasteiger partial charge is 0.240 e. The van der Waals surface area contributed by atoms with Crippen LogP contribution in [0.2, 0.25) is 0 Å². The Bertz CT molecular complexity index is 137. The molecule has 0 aliphatic carbocycles. The molecule has 8 heavy (non-hydrogen) atoms. The molecule has 44 valence electrons. The van der Waals surface area contributed by atoms with Crippen molar-refractivity contribution >= 4 is 5.84 Å². The van der Waals surface area contributed by atoms with Gasteiger partial charge in [-0.1, -0.05) is 6.92 Å². The van der Waals surface area contributed by atoms with Gasteiger partial charge in [0.1, 0.15) is 5.84 Å². The summed E-state index contributed by atoms with van der Waals surface area (Å²) in [6.07, 6.45) is 0.971. The van der Waals surface area contributed by atoms with E-state index in [1.165, 1.54) is 0 Å². The predicted molar refractivity (Wildman–Crippen MR) is 32.0 cm³/mol. The summed E-state index contributed by atoms with van der Waals surface area (Å²) < 4.78 is 0. The van der Waals surface area contributed by atoms with Crippen molar-refractivity contribution in [3.05, 3.63) is 0 Å². The first-order valence-corrected chi connectivity index (χ1v) is 2.80. The third-order valence-electron chi connectivity index (χ3n) is 0.992. The molecule has 0 saturated carbocycles. The van der Waals surface area contributed by atoms with Crippen molar-refractivity contribution in [1.82, 2.24) is 0 Å². The number of hydrogen-bond donors (Lipinski definition) is 0. The highest BCUT2D eigenvalue weighted by molar-refractivity contribution is 5.83. The topological polar surface area (TPSA) is 37.1 Å². The van der Waals surface area contributed by atoms with Crippen LogP contribution < -0.4 is 0 Å². The van der Waals surface area contributed by atoms with Gasteiger partial charge >= 0.3 is 0 Å². The maximum absolute atomic E-state index is 4.09. The zero-order chi connectivity index (χ0) is 5.98. The third-order valence-corrected chi connectivity index (χ3v) is 0.992. The van der Waals surface area contributed by atoms with Gasteiger partial charge in [0, 0.05) is 6.42 Å². The highest BCUT2D eigenvalue weighted by Gasteiger charge is 2.04. The van der Waals surface area contributed by atoms with Crippen LogP contribution in [0.1, 0.15) is 20.3 Å². The minimum absolute atomic E-state index is 0.0740. The Balaban J connectivity index is 2.58. The van der Waals surface area contributed by atoms with Gasteiger partial charge in [-0.25, -0.2) is 4.99 Å². The molecule has 1 rings (SSSR count). The number of azo groups is 1. The fraction of sp³-hybridized carbons (Fsp3) is 0.800. The minimum atomic E-state index is 0.0740. The van der Waals surface area contributed by atoms with Gasteiger partial charge in [-0.05, 0) is 6.92 Å². The summed E-state index contributed by atoms with van der Waals surface area (Å²) in [6.45, 7) is 3.95. The van der Waals surface area contributed by atoms with Gasteiger partial charge in [0.2, 0.25) is 0 Å². The Morgan fingerprint density at radius 1 is 1.62 bits per heavy atom. The minimum Gasteiger partial charge on any atom is -0.240 e. The molecule has 0 aromatic rings. The molecular formula is C5H9N3. The molecule has 0 bridgehead atoms. The molecule has 1 unspecified atom stereocenters. The zero-order valence-electron chi connectivity index (χ0n) is 5.13. The Kier molecular flexibility index (Phi) is 1.37. The second-order valence-corrected chi connectivity index (χ2v) is 1.75. The van der Waals surface area contributed by atoms with Crippen LogP contribution in [0.4, 0.5) is 0 Å². The molecule has 3 nitrogen and oxygen atoms in total. The van der Waals surface area contributed by atoms with Crippen LogP contribution in [0.3, 0.4) is 0 Å². The highest BCUT2D eigenvalue weighted by Crippen LogP contribution is 2.05. The van der Waals surface area contributed by atoms with Crippen molar-refractivity contribution in [3.8, 4) is 0 Å². The Morgan fingerprint density at radius 2 is 2.38 bits per heavy atom. The van der Waals surface area contributed by atoms with Crippen LogP contribution in [-0.2, 0) is 0 Å². The average molecular weight is 111 g/mol. The Labute approximate surface area is 48.5 Å². The Hall–Kier alpha value is -0.730. The average Bonchev–Trinajstić information content (AvgIpc) is 2.14. The van der Waals surface area contributed by atoms with Crippen molar-refractivity contribution in [2.24, 2.45) is 15.2 Å². The maximum Gasteiger partial charge on any atom is 0.160 e. The molecule has 0 radical (unpaired) electrons. The zero-order valence-corrected chi connectivity index (χ0v) is 5.13. The summed E-state index contributed by atoms with van der Waals surface area (Å²) in [6, 6.07) is 0. The lowest BCUT2D eigenvalue weighted by atomic mass is 10.4. The molecule has 0 aromatic heterocycles. The van der Waals surface area contributed by atoms with Crippen LogP contribution in [0.25, 0.3) is 0 Å². The SMILES string of the molecule is CCC1=NC(C)N=N1. The molecule has 0 amide bonds. The van der Waals surface area contributed by atoms with Gasteiger partial charge in [0.15, 0.2) is 6.17 Å². The van der Waals surface area contributed by atoms with Crippen molar-refractivity contribution in [1.29, 1.82) is 0 Å². The molecule has 0 N–H and O–H groups in total. The second kappa shape index (κ2) is 2.03. The summed E-state index contributed by atoms with van der Waals surface area (Å²) in [5, 5.41) is 7.62. The molecule has 3 heteroatoms. The first-order valence-electron chi connectivity index (χ1n) is 2.80. The van der Waals surface area contributed by atoms with Gasteiger partial charge in [-0.2, -0.15) is 5.11 Å². The first-order chi connectivity index (χ1) is 3.83. The predicted octanol–water partition coefficient (Wildman–Crippen LogP) is 1.61. The van der Waals surface area contributed by atoms with E-state index in [1.807, 2.05) is 13.8 Å². The van der Waals surface area contributed by atoms with E-state index >= 15 is 0 Å². The third kappa shape index (κ3) is 0.911. The van der Waals surface area contributed by atoms with E-state index in [0.29, 0.717) is 0 Å². The van der Waals surface area contributed by atoms with Crippen LogP contribution in [-0.4, -0.2) is 12.0 Å². The molecule has 1 aliphatic heterocycles. The molecule has 0 aromatic carbocycles. The fourth-order valence-electron chi connectivity index (χ4n) is 0.580. The molecule has 1 atom stereocenters. The summed E-state index contributed by atoms with van der Waals surface area (Å²) in [5.74, 6) is 0.873. The lowest BCUT2D eigenvalue weighted by molar-refractivity contribution is 0.787. The van der Waals surface area contributed by atoms with Crippen molar-refractivity contribution in [2.75, 3.05) is 0 Å². The highest BCUT2D eigenvalue weighted by atomic mass is 15.3. The molecule has 0 spiro atoms. The quantitative estimate of drug-likeness (QED) is 0.493. The molecule has 0 saturated heterocycles. The molecular weight excluding hydrogens is 102 g/mol. The van der Waals surface area contributed by atoms with Gasteiger partial charge in [0.25, 0.3) is 0 Å². The molecule has 1 aliphatic rings. The van der Waals surface area contributed by atoms with Crippen molar-refractivity contribution in [3.63, 3.8) is 0 Å². The van der Waals surface area contributed by atoms with Crippen LogP contribution in [0.5, 0.6) is 0 Å². The number of nitrogens with zero attached hydrogens (tertiary/aromatic N) is 3. The lowest BCUT2D eigenvalue weighted by Gasteiger charge is -1.84. The van der Waals surface area contributed by atoms with Gasteiger partial charge in [-0.3, -0.25) is 0 Å². The van der Waals surface area contributed by atoms with Crippen LogP contribution in [0, 0.1) is 0 Å². The summed E-state index contributed by atoms with van der Waals surface area (Å²) >= 11 is 0. The van der Waals surface area contributed by atoms with Gasteiger partial charge < -0.3 is 0 Å². The van der Waals surface area contributed by atoms with Crippen molar-refractivity contribution < 1.29 is 0 Å². The fourth-order valence-corrected chi connectivity index (χ4v) is 0.580. The summed E-state index contributed by atoms with van der Waals surface area (Å²) in [5.41, 5.74) is 0. The summed E-state index contributed by atoms with van der Waals surface area (Å²) in [7, 11) is 0. The van der Waals surface area contributed by atoms with E-state index in [2.05, 4.69) is 15.2 Å². The standard InChI is InChI=1S/C5H9N3/c1-3-5-6-4(2)7-8-5/h4H,3H2,1-2H3. The van der Waals surface area contributed by atoms with Gasteiger partial charge in [-0.15, -0.1) is 5.11 Å². The number of amidine groups is 1. The Morgan fingerprint density at radius 3 is 2.62 bits per heavy atom. The molecule has 0 fully saturated rings. The molecule has 1 heterocycles. The first kappa shape index (κ1) is 5.41. The van der Waals surface area contributed by atoms with E-state index < -0.39 is 0 Å². The number of aliphatic imine (C=N–C) groups is 1. The van der Waals surface area contributed by atoms with E-state index in [9.17, 15) is 0 Å². The van der Waals surface area contributed by atoms with E-state index in [-0.39, 0.29) is 6.17 Å². The monoisotopic (exact) mass is 111 g/mol. The number of rotatable bonds is 1. The van der Waals surface area contributed by atoms with E-state index in [1.54, 1.807) is 0 Å². The summed E-state index contributed by atoms with van der Waals surface area (Å²) in [4.78, 5) is 4.09. The van der Waals surface area contributed by atoms with Crippen LogP contribution >= 0.6 is 0 Å². The van der Waals surface area contributed by atoms with Crippen LogP contribution in [0.15, 0.2) is 15.2 Å². The van der Waals surface area contributed by atoms with E-state index in [0.717, 1.165) is 12.3 Å². The smallest absolute Gasteiger partial charge is 0.160 e. The van der Waals surface area contributed by atoms with E-state index in [4.69, 9.17) is 0 Å². The van der Waals surface area contributed by atoms with Crippen molar-refractivity contribution in [2.45, 2.75) is 26.4 Å². The normalized spacial score (nSPS) is 26.2. The lowest BCUT2D eigenvalue weighted by Crippen LogP contribution is -1.88. The number of hydrogen-bond acceptors (Lipinski definition) is 3. The maximum atomic E-state index is 4.09. The second-order valence-electron chi connectivity index (χ2n) is 1.75.